The number of hydrogen-bond donors (Lipinski definition) is 2. The first-order chi connectivity index (χ1) is 9.89. The third-order valence-electron chi connectivity index (χ3n) is 3.51. The van der Waals surface area contributed by atoms with Gasteiger partial charge in [0.15, 0.2) is 0 Å². The van der Waals surface area contributed by atoms with Crippen molar-refractivity contribution in [3.63, 3.8) is 0 Å². The summed E-state index contributed by atoms with van der Waals surface area (Å²) in [5.74, 6) is 0.0567. The summed E-state index contributed by atoms with van der Waals surface area (Å²) in [7, 11) is -3.51. The van der Waals surface area contributed by atoms with Crippen LogP contribution in [-0.2, 0) is 10.0 Å². The molecule has 5 nitrogen and oxygen atoms in total. The molecule has 6 heteroatoms. The SMILES string of the molecule is CCN(CC)CCCC(C)NS(=O)(=O)c1ccc(O)cc1. The first kappa shape index (κ1) is 17.9. The van der Waals surface area contributed by atoms with Gasteiger partial charge in [-0.25, -0.2) is 13.1 Å². The number of hydrogen-bond acceptors (Lipinski definition) is 4. The van der Waals surface area contributed by atoms with Gasteiger partial charge in [-0.1, -0.05) is 13.8 Å². The number of nitrogens with one attached hydrogen (secondary N) is 1. The second-order valence-corrected chi connectivity index (χ2v) is 6.90. The highest BCUT2D eigenvalue weighted by molar-refractivity contribution is 7.89. The van der Waals surface area contributed by atoms with Gasteiger partial charge in [0.05, 0.1) is 4.90 Å². The molecule has 0 aliphatic heterocycles. The van der Waals surface area contributed by atoms with Gasteiger partial charge in [-0.2, -0.15) is 0 Å². The molecule has 120 valence electrons. The van der Waals surface area contributed by atoms with Crippen molar-refractivity contribution in [2.24, 2.45) is 0 Å². The summed E-state index contributed by atoms with van der Waals surface area (Å²) in [5, 5.41) is 9.20. The Morgan fingerprint density at radius 2 is 1.76 bits per heavy atom. The predicted octanol–water partition coefficient (Wildman–Crippen LogP) is 2.18. The van der Waals surface area contributed by atoms with Crippen molar-refractivity contribution in [1.82, 2.24) is 9.62 Å². The van der Waals surface area contributed by atoms with Gasteiger partial charge in [-0.15, -0.1) is 0 Å². The normalized spacial score (nSPS) is 13.5. The maximum absolute atomic E-state index is 12.2. The van der Waals surface area contributed by atoms with Crippen LogP contribution in [0.15, 0.2) is 29.2 Å². The van der Waals surface area contributed by atoms with Crippen LogP contribution in [-0.4, -0.2) is 44.1 Å². The van der Waals surface area contributed by atoms with E-state index in [1.54, 1.807) is 0 Å². The highest BCUT2D eigenvalue weighted by Crippen LogP contribution is 2.15. The quantitative estimate of drug-likeness (QED) is 0.733. The van der Waals surface area contributed by atoms with E-state index in [9.17, 15) is 13.5 Å². The van der Waals surface area contributed by atoms with Crippen molar-refractivity contribution in [1.29, 1.82) is 0 Å². The fourth-order valence-corrected chi connectivity index (χ4v) is 3.46. The Labute approximate surface area is 128 Å². The lowest BCUT2D eigenvalue weighted by Crippen LogP contribution is -2.33. The van der Waals surface area contributed by atoms with Gasteiger partial charge < -0.3 is 10.0 Å². The molecule has 1 atom stereocenters. The fraction of sp³-hybridized carbons (Fsp3) is 0.600. The topological polar surface area (TPSA) is 69.6 Å². The Morgan fingerprint density at radius 3 is 2.29 bits per heavy atom. The van der Waals surface area contributed by atoms with E-state index in [2.05, 4.69) is 23.5 Å². The van der Waals surface area contributed by atoms with Crippen molar-refractivity contribution in [2.75, 3.05) is 19.6 Å². The number of phenols is 1. The van der Waals surface area contributed by atoms with Crippen LogP contribution in [0, 0.1) is 0 Å². The van der Waals surface area contributed by atoms with E-state index < -0.39 is 10.0 Å². The lowest BCUT2D eigenvalue weighted by molar-refractivity contribution is 0.293. The van der Waals surface area contributed by atoms with Crippen LogP contribution in [0.4, 0.5) is 0 Å². The molecular formula is C15H26N2O3S. The van der Waals surface area contributed by atoms with Crippen LogP contribution in [0.3, 0.4) is 0 Å². The van der Waals surface area contributed by atoms with E-state index in [1.807, 2.05) is 6.92 Å². The molecule has 0 spiro atoms. The monoisotopic (exact) mass is 314 g/mol. The second kappa shape index (κ2) is 8.36. The Kier molecular flexibility index (Phi) is 7.14. The average molecular weight is 314 g/mol. The molecule has 0 aromatic heterocycles. The molecule has 21 heavy (non-hydrogen) atoms. The molecular weight excluding hydrogens is 288 g/mol. The molecule has 0 saturated carbocycles. The molecule has 0 amide bonds. The summed E-state index contributed by atoms with van der Waals surface area (Å²) in [4.78, 5) is 2.50. The molecule has 0 heterocycles. The number of nitrogens with zero attached hydrogens (tertiary/aromatic N) is 1. The van der Waals surface area contributed by atoms with Gasteiger partial charge in [0.2, 0.25) is 10.0 Å². The minimum absolute atomic E-state index is 0.0567. The number of rotatable bonds is 9. The van der Waals surface area contributed by atoms with Gasteiger partial charge in [0.1, 0.15) is 5.75 Å². The van der Waals surface area contributed by atoms with Crippen molar-refractivity contribution in [3.8, 4) is 5.75 Å². The maximum atomic E-state index is 12.2. The van der Waals surface area contributed by atoms with E-state index in [0.717, 1.165) is 32.5 Å². The predicted molar refractivity (Wildman–Crippen MR) is 84.9 cm³/mol. The lowest BCUT2D eigenvalue weighted by atomic mass is 10.2. The highest BCUT2D eigenvalue weighted by Gasteiger charge is 2.17. The molecule has 1 aromatic rings. The number of benzene rings is 1. The van der Waals surface area contributed by atoms with Crippen molar-refractivity contribution >= 4 is 10.0 Å². The largest absolute Gasteiger partial charge is 0.508 e. The fourth-order valence-electron chi connectivity index (χ4n) is 2.18. The summed E-state index contributed by atoms with van der Waals surface area (Å²) >= 11 is 0. The van der Waals surface area contributed by atoms with E-state index in [4.69, 9.17) is 0 Å². The van der Waals surface area contributed by atoms with E-state index in [0.29, 0.717) is 0 Å². The molecule has 0 saturated heterocycles. The van der Waals surface area contributed by atoms with Crippen LogP contribution in [0.1, 0.15) is 33.6 Å². The van der Waals surface area contributed by atoms with E-state index in [-0.39, 0.29) is 16.7 Å². The van der Waals surface area contributed by atoms with Crippen molar-refractivity contribution in [2.45, 2.75) is 44.6 Å². The molecule has 1 rings (SSSR count). The van der Waals surface area contributed by atoms with Crippen LogP contribution in [0.25, 0.3) is 0 Å². The molecule has 0 fully saturated rings. The Balaban J connectivity index is 2.49. The average Bonchev–Trinajstić information content (AvgIpc) is 2.43. The molecule has 0 aliphatic carbocycles. The zero-order chi connectivity index (χ0) is 15.9. The second-order valence-electron chi connectivity index (χ2n) is 5.19. The van der Waals surface area contributed by atoms with Crippen LogP contribution in [0.5, 0.6) is 5.75 Å². The standard InChI is InChI=1S/C15H26N2O3S/c1-4-17(5-2)12-6-7-13(3)16-21(19,20)15-10-8-14(18)9-11-15/h8-11,13,16,18H,4-7,12H2,1-3H3. The Bertz CT molecular complexity index is 510. The number of phenolic OH excluding ortho intramolecular Hbond substituents is 1. The molecule has 1 unspecified atom stereocenters. The van der Waals surface area contributed by atoms with Gasteiger partial charge in [-0.3, -0.25) is 0 Å². The first-order valence-electron chi connectivity index (χ1n) is 7.42. The minimum atomic E-state index is -3.51. The zero-order valence-corrected chi connectivity index (χ0v) is 13.9. The van der Waals surface area contributed by atoms with Crippen molar-refractivity contribution in [3.05, 3.63) is 24.3 Å². The van der Waals surface area contributed by atoms with Crippen LogP contribution in [0.2, 0.25) is 0 Å². The highest BCUT2D eigenvalue weighted by atomic mass is 32.2. The van der Waals surface area contributed by atoms with E-state index in [1.165, 1.54) is 24.3 Å². The third kappa shape index (κ3) is 6.03. The summed E-state index contributed by atoms with van der Waals surface area (Å²) < 4.78 is 27.0. The summed E-state index contributed by atoms with van der Waals surface area (Å²) in [6, 6.07) is 5.44. The third-order valence-corrected chi connectivity index (χ3v) is 5.11. The first-order valence-corrected chi connectivity index (χ1v) is 8.91. The Hall–Kier alpha value is -1.11. The summed E-state index contributed by atoms with van der Waals surface area (Å²) in [5.41, 5.74) is 0. The lowest BCUT2D eigenvalue weighted by Gasteiger charge is -2.19. The number of sulfonamides is 1. The zero-order valence-electron chi connectivity index (χ0n) is 13.0. The van der Waals surface area contributed by atoms with Gasteiger partial charge in [0, 0.05) is 6.04 Å². The number of aromatic hydroxyl groups is 1. The van der Waals surface area contributed by atoms with E-state index >= 15 is 0 Å². The van der Waals surface area contributed by atoms with Gasteiger partial charge >= 0.3 is 0 Å². The molecule has 2 N–H and O–H groups in total. The van der Waals surface area contributed by atoms with Crippen LogP contribution < -0.4 is 4.72 Å². The minimum Gasteiger partial charge on any atom is -0.508 e. The van der Waals surface area contributed by atoms with Gasteiger partial charge in [-0.05, 0) is 63.7 Å². The maximum Gasteiger partial charge on any atom is 0.240 e. The molecule has 1 aromatic carbocycles. The summed E-state index contributed by atoms with van der Waals surface area (Å²) in [6.45, 7) is 9.15. The van der Waals surface area contributed by atoms with Crippen molar-refractivity contribution < 1.29 is 13.5 Å². The smallest absolute Gasteiger partial charge is 0.240 e. The molecule has 0 aliphatic rings. The van der Waals surface area contributed by atoms with Gasteiger partial charge in [0.25, 0.3) is 0 Å². The molecule has 0 radical (unpaired) electrons. The molecule has 0 bridgehead atoms. The Morgan fingerprint density at radius 1 is 1.19 bits per heavy atom. The van der Waals surface area contributed by atoms with Crippen LogP contribution >= 0.6 is 0 Å². The summed E-state index contributed by atoms with van der Waals surface area (Å²) in [6.07, 6.45) is 1.76.